The molecule has 1 heterocycles. The molecule has 0 spiro atoms. The molecule has 1 amide bonds. The number of rotatable bonds is 5. The van der Waals surface area contributed by atoms with Crippen LogP contribution in [0.5, 0.6) is 0 Å². The molecule has 0 aliphatic heterocycles. The van der Waals surface area contributed by atoms with Gasteiger partial charge in [-0.2, -0.15) is 0 Å². The maximum atomic E-state index is 12.2. The molecule has 108 valence electrons. The van der Waals surface area contributed by atoms with E-state index in [9.17, 15) is 14.9 Å². The van der Waals surface area contributed by atoms with E-state index in [2.05, 4.69) is 20.6 Å². The molecule has 0 saturated heterocycles. The second-order valence-electron chi connectivity index (χ2n) is 4.06. The van der Waals surface area contributed by atoms with Crippen molar-refractivity contribution in [3.63, 3.8) is 0 Å². The van der Waals surface area contributed by atoms with Crippen LogP contribution in [-0.2, 0) is 0 Å². The molecule has 8 nitrogen and oxygen atoms in total. The third-order valence-electron chi connectivity index (χ3n) is 2.62. The van der Waals surface area contributed by atoms with E-state index >= 15 is 0 Å². The van der Waals surface area contributed by atoms with E-state index in [1.165, 1.54) is 30.7 Å². The Kier molecular flexibility index (Phi) is 4.39. The van der Waals surface area contributed by atoms with Gasteiger partial charge in [0.2, 0.25) is 0 Å². The topological polar surface area (TPSA) is 110 Å². The summed E-state index contributed by atoms with van der Waals surface area (Å²) in [7, 11) is 0. The number of anilines is 2. The molecule has 1 aromatic heterocycles. The maximum absolute atomic E-state index is 12.2. The van der Waals surface area contributed by atoms with Gasteiger partial charge in [-0.25, -0.2) is 4.98 Å². The molecule has 0 aliphatic carbocycles. The average molecular weight is 287 g/mol. The summed E-state index contributed by atoms with van der Waals surface area (Å²) in [6.07, 6.45) is 4.24. The number of aromatic nitrogens is 2. The van der Waals surface area contributed by atoms with Gasteiger partial charge in [-0.1, -0.05) is 0 Å². The first-order valence-electron chi connectivity index (χ1n) is 6.21. The van der Waals surface area contributed by atoms with Crippen LogP contribution in [-0.4, -0.2) is 27.3 Å². The van der Waals surface area contributed by atoms with Crippen molar-refractivity contribution in [2.75, 3.05) is 17.2 Å². The number of hydrogen-bond donors (Lipinski definition) is 2. The number of carbonyl (C=O) groups excluding carboxylic acids is 1. The van der Waals surface area contributed by atoms with Crippen molar-refractivity contribution < 1.29 is 9.72 Å². The van der Waals surface area contributed by atoms with E-state index in [0.29, 0.717) is 12.2 Å². The predicted molar refractivity (Wildman–Crippen MR) is 77.2 cm³/mol. The first-order valence-corrected chi connectivity index (χ1v) is 6.21. The Bertz CT molecular complexity index is 660. The zero-order chi connectivity index (χ0) is 15.2. The fourth-order valence-electron chi connectivity index (χ4n) is 1.74. The molecule has 0 radical (unpaired) electrons. The number of benzene rings is 1. The molecule has 0 unspecified atom stereocenters. The van der Waals surface area contributed by atoms with Crippen LogP contribution in [0, 0.1) is 10.1 Å². The van der Waals surface area contributed by atoms with Crippen LogP contribution in [0.2, 0.25) is 0 Å². The monoisotopic (exact) mass is 287 g/mol. The minimum absolute atomic E-state index is 0.0379. The molecule has 8 heteroatoms. The van der Waals surface area contributed by atoms with Crippen LogP contribution in [0.3, 0.4) is 0 Å². The van der Waals surface area contributed by atoms with Gasteiger partial charge in [0.1, 0.15) is 5.56 Å². The van der Waals surface area contributed by atoms with Crippen molar-refractivity contribution in [2.45, 2.75) is 6.92 Å². The SMILES string of the molecule is CCNc1ccc([N+](=O)[O-])c(C(=O)Nc2cnccn2)c1. The Labute approximate surface area is 120 Å². The van der Waals surface area contributed by atoms with Crippen LogP contribution >= 0.6 is 0 Å². The summed E-state index contributed by atoms with van der Waals surface area (Å²) in [4.78, 5) is 30.3. The maximum Gasteiger partial charge on any atom is 0.282 e. The molecule has 0 saturated carbocycles. The lowest BCUT2D eigenvalue weighted by Gasteiger charge is -2.08. The third-order valence-corrected chi connectivity index (χ3v) is 2.62. The quantitative estimate of drug-likeness (QED) is 0.643. The first-order chi connectivity index (χ1) is 10.1. The largest absolute Gasteiger partial charge is 0.385 e. The number of nitrogens with zero attached hydrogens (tertiary/aromatic N) is 3. The van der Waals surface area contributed by atoms with E-state index in [-0.39, 0.29) is 17.1 Å². The summed E-state index contributed by atoms with van der Waals surface area (Å²) in [5, 5.41) is 16.5. The van der Waals surface area contributed by atoms with Crippen LogP contribution in [0.25, 0.3) is 0 Å². The standard InChI is InChI=1S/C13H13N5O3/c1-2-15-9-3-4-11(18(20)21)10(7-9)13(19)17-12-8-14-5-6-16-12/h3-8,15H,2H2,1H3,(H,16,17,19). The second kappa shape index (κ2) is 6.42. The van der Waals surface area contributed by atoms with Crippen molar-refractivity contribution in [1.82, 2.24) is 9.97 Å². The lowest BCUT2D eigenvalue weighted by Crippen LogP contribution is -2.15. The zero-order valence-corrected chi connectivity index (χ0v) is 11.2. The van der Waals surface area contributed by atoms with Gasteiger partial charge in [0.05, 0.1) is 11.1 Å². The van der Waals surface area contributed by atoms with Gasteiger partial charge in [-0.05, 0) is 19.1 Å². The van der Waals surface area contributed by atoms with Crippen LogP contribution in [0.15, 0.2) is 36.8 Å². The highest BCUT2D eigenvalue weighted by Gasteiger charge is 2.21. The summed E-state index contributed by atoms with van der Waals surface area (Å²) < 4.78 is 0. The minimum Gasteiger partial charge on any atom is -0.385 e. The lowest BCUT2D eigenvalue weighted by atomic mass is 10.1. The fraction of sp³-hybridized carbons (Fsp3) is 0.154. The summed E-state index contributed by atoms with van der Waals surface area (Å²) in [5.74, 6) is -0.382. The Hall–Kier alpha value is -3.03. The number of carbonyl (C=O) groups is 1. The smallest absolute Gasteiger partial charge is 0.282 e. The molecule has 0 fully saturated rings. The average Bonchev–Trinajstić information content (AvgIpc) is 2.48. The summed E-state index contributed by atoms with van der Waals surface area (Å²) in [6.45, 7) is 2.53. The Morgan fingerprint density at radius 3 is 2.81 bits per heavy atom. The minimum atomic E-state index is -0.609. The van der Waals surface area contributed by atoms with Gasteiger partial charge in [0.15, 0.2) is 5.82 Å². The highest BCUT2D eigenvalue weighted by Crippen LogP contribution is 2.23. The van der Waals surface area contributed by atoms with E-state index in [1.807, 2.05) is 6.92 Å². The third kappa shape index (κ3) is 3.50. The summed E-state index contributed by atoms with van der Waals surface area (Å²) in [6, 6.07) is 4.29. The second-order valence-corrected chi connectivity index (χ2v) is 4.06. The Balaban J connectivity index is 2.33. The highest BCUT2D eigenvalue weighted by molar-refractivity contribution is 6.07. The Morgan fingerprint density at radius 1 is 1.38 bits per heavy atom. The highest BCUT2D eigenvalue weighted by atomic mass is 16.6. The molecule has 2 aromatic rings. The van der Waals surface area contributed by atoms with Crippen LogP contribution in [0.1, 0.15) is 17.3 Å². The molecule has 1 aromatic carbocycles. The van der Waals surface area contributed by atoms with Gasteiger partial charge in [-0.3, -0.25) is 19.9 Å². The molecule has 0 aliphatic rings. The molecular formula is C13H13N5O3. The van der Waals surface area contributed by atoms with E-state index in [0.717, 1.165) is 0 Å². The van der Waals surface area contributed by atoms with E-state index < -0.39 is 10.8 Å². The molecule has 0 atom stereocenters. The van der Waals surface area contributed by atoms with Crippen LogP contribution < -0.4 is 10.6 Å². The molecule has 2 N–H and O–H groups in total. The predicted octanol–water partition coefficient (Wildman–Crippen LogP) is 2.07. The van der Waals surface area contributed by atoms with Gasteiger partial charge in [0.25, 0.3) is 11.6 Å². The normalized spacial score (nSPS) is 9.95. The Morgan fingerprint density at radius 2 is 2.19 bits per heavy atom. The molecule has 21 heavy (non-hydrogen) atoms. The number of nitro groups is 1. The summed E-state index contributed by atoms with van der Waals surface area (Å²) in [5.41, 5.74) is 0.328. The number of nitrogens with one attached hydrogen (secondary N) is 2. The van der Waals surface area contributed by atoms with Gasteiger partial charge < -0.3 is 10.6 Å². The lowest BCUT2D eigenvalue weighted by molar-refractivity contribution is -0.385. The van der Waals surface area contributed by atoms with Crippen molar-refractivity contribution in [2.24, 2.45) is 0 Å². The van der Waals surface area contributed by atoms with Crippen molar-refractivity contribution in [3.8, 4) is 0 Å². The number of amides is 1. The van der Waals surface area contributed by atoms with Crippen molar-refractivity contribution in [3.05, 3.63) is 52.5 Å². The van der Waals surface area contributed by atoms with Gasteiger partial charge in [0, 0.05) is 30.7 Å². The zero-order valence-electron chi connectivity index (χ0n) is 11.2. The molecular weight excluding hydrogens is 274 g/mol. The van der Waals surface area contributed by atoms with Crippen molar-refractivity contribution in [1.29, 1.82) is 0 Å². The number of hydrogen-bond acceptors (Lipinski definition) is 6. The summed E-state index contributed by atoms with van der Waals surface area (Å²) >= 11 is 0. The van der Waals surface area contributed by atoms with Crippen molar-refractivity contribution >= 4 is 23.1 Å². The van der Waals surface area contributed by atoms with E-state index in [4.69, 9.17) is 0 Å². The van der Waals surface area contributed by atoms with Gasteiger partial charge in [-0.15, -0.1) is 0 Å². The number of nitro benzene ring substituents is 1. The fourth-order valence-corrected chi connectivity index (χ4v) is 1.74. The molecule has 2 rings (SSSR count). The van der Waals surface area contributed by atoms with E-state index in [1.54, 1.807) is 6.07 Å². The van der Waals surface area contributed by atoms with Gasteiger partial charge >= 0.3 is 0 Å². The molecule has 0 bridgehead atoms. The van der Waals surface area contributed by atoms with Crippen LogP contribution in [0.4, 0.5) is 17.2 Å². The first kappa shape index (κ1) is 14.4.